The molecule has 1 amide bonds. The molecule has 1 fully saturated rings. The molecule has 1 aliphatic rings. The molecule has 1 atom stereocenters. The highest BCUT2D eigenvalue weighted by atomic mass is 35.5. The highest BCUT2D eigenvalue weighted by Gasteiger charge is 2.30. The van der Waals surface area contributed by atoms with E-state index in [1.165, 1.54) is 17.7 Å². The fourth-order valence-corrected chi connectivity index (χ4v) is 3.24. The number of amides is 1. The number of carbonyl (C=O) groups is 1. The molecule has 0 aliphatic carbocycles. The molecule has 1 heterocycles. The molecule has 0 spiro atoms. The van der Waals surface area contributed by atoms with Gasteiger partial charge in [-0.05, 0) is 48.2 Å². The average molecular weight is 395 g/mol. The molecule has 0 radical (unpaired) electrons. The third-order valence-electron chi connectivity index (χ3n) is 4.62. The number of hydrogen-bond acceptors (Lipinski definition) is 3. The van der Waals surface area contributed by atoms with Crippen molar-refractivity contribution in [3.63, 3.8) is 0 Å². The lowest BCUT2D eigenvalue weighted by molar-refractivity contribution is -0.124. The van der Waals surface area contributed by atoms with Gasteiger partial charge in [0.25, 0.3) is 0 Å². The molecule has 1 N–H and O–H groups in total. The van der Waals surface area contributed by atoms with Crippen LogP contribution < -0.4 is 10.1 Å². The first-order valence-electron chi connectivity index (χ1n) is 8.81. The second-order valence-electron chi connectivity index (χ2n) is 6.45. The Bertz CT molecular complexity index is 754. The standard InChI is InChI=1S/C20H21ClF2N2O2/c21-16-5-3-15(4-6-16)18-10-12-25(18)13-19(26)24-11-9-14-1-7-17(8-2-14)27-20(22)23/h1-8,18,20H,9-13H2,(H,24,26)/t18-/m0/s1. The third kappa shape index (κ3) is 5.65. The first-order valence-corrected chi connectivity index (χ1v) is 9.19. The molecule has 0 saturated carbocycles. The van der Waals surface area contributed by atoms with Crippen molar-refractivity contribution in [2.75, 3.05) is 19.6 Å². The molecule has 2 aromatic rings. The molecule has 2 aromatic carbocycles. The number of nitrogens with zero attached hydrogens (tertiary/aromatic N) is 1. The van der Waals surface area contributed by atoms with E-state index in [4.69, 9.17) is 11.6 Å². The topological polar surface area (TPSA) is 41.6 Å². The van der Waals surface area contributed by atoms with Crippen LogP contribution in [0.15, 0.2) is 48.5 Å². The van der Waals surface area contributed by atoms with Crippen LogP contribution in [0.25, 0.3) is 0 Å². The van der Waals surface area contributed by atoms with E-state index in [0.29, 0.717) is 24.5 Å². The van der Waals surface area contributed by atoms with E-state index < -0.39 is 6.61 Å². The van der Waals surface area contributed by atoms with Crippen molar-refractivity contribution in [2.45, 2.75) is 25.5 Å². The predicted octanol–water partition coefficient (Wildman–Crippen LogP) is 4.05. The zero-order valence-corrected chi connectivity index (χ0v) is 15.5. The molecular weight excluding hydrogens is 374 g/mol. The van der Waals surface area contributed by atoms with Gasteiger partial charge in [-0.25, -0.2) is 0 Å². The summed E-state index contributed by atoms with van der Waals surface area (Å²) < 4.78 is 28.6. The van der Waals surface area contributed by atoms with Gasteiger partial charge in [0.2, 0.25) is 5.91 Å². The summed E-state index contributed by atoms with van der Waals surface area (Å²) in [6, 6.07) is 14.4. The van der Waals surface area contributed by atoms with Crippen molar-refractivity contribution in [2.24, 2.45) is 0 Å². The molecule has 0 unspecified atom stereocenters. The zero-order chi connectivity index (χ0) is 19.2. The molecule has 1 saturated heterocycles. The molecule has 1 aliphatic heterocycles. The molecular formula is C20H21ClF2N2O2. The van der Waals surface area contributed by atoms with E-state index in [1.807, 2.05) is 24.3 Å². The van der Waals surface area contributed by atoms with Gasteiger partial charge in [0, 0.05) is 24.2 Å². The lowest BCUT2D eigenvalue weighted by Gasteiger charge is -2.40. The molecule has 0 aromatic heterocycles. The zero-order valence-electron chi connectivity index (χ0n) is 14.7. The minimum atomic E-state index is -2.83. The molecule has 144 valence electrons. The van der Waals surface area contributed by atoms with Crippen LogP contribution in [0.3, 0.4) is 0 Å². The molecule has 0 bridgehead atoms. The fourth-order valence-electron chi connectivity index (χ4n) is 3.12. The summed E-state index contributed by atoms with van der Waals surface area (Å²) in [5.74, 6) is 0.107. The van der Waals surface area contributed by atoms with Gasteiger partial charge < -0.3 is 10.1 Å². The van der Waals surface area contributed by atoms with Gasteiger partial charge in [0.15, 0.2) is 0 Å². The van der Waals surface area contributed by atoms with Crippen LogP contribution in [0.2, 0.25) is 5.02 Å². The Kier molecular flexibility index (Phi) is 6.63. The van der Waals surface area contributed by atoms with Crippen molar-refractivity contribution in [1.82, 2.24) is 10.2 Å². The summed E-state index contributed by atoms with van der Waals surface area (Å²) in [4.78, 5) is 14.3. The van der Waals surface area contributed by atoms with Crippen molar-refractivity contribution in [3.05, 3.63) is 64.7 Å². The summed E-state index contributed by atoms with van der Waals surface area (Å²) in [5.41, 5.74) is 2.12. The molecule has 27 heavy (non-hydrogen) atoms. The van der Waals surface area contributed by atoms with Crippen molar-refractivity contribution in [3.8, 4) is 5.75 Å². The number of halogens is 3. The normalized spacial score (nSPS) is 16.8. The maximum atomic E-state index is 12.2. The average Bonchev–Trinajstić information content (AvgIpc) is 2.62. The number of alkyl halides is 2. The van der Waals surface area contributed by atoms with Crippen LogP contribution in [-0.2, 0) is 11.2 Å². The Morgan fingerprint density at radius 3 is 2.48 bits per heavy atom. The Morgan fingerprint density at radius 2 is 1.89 bits per heavy atom. The van der Waals surface area contributed by atoms with Crippen LogP contribution in [0.5, 0.6) is 5.75 Å². The van der Waals surface area contributed by atoms with Crippen molar-refractivity contribution < 1.29 is 18.3 Å². The van der Waals surface area contributed by atoms with Gasteiger partial charge >= 0.3 is 6.61 Å². The Labute approximate surface area is 162 Å². The third-order valence-corrected chi connectivity index (χ3v) is 4.87. The number of benzene rings is 2. The maximum absolute atomic E-state index is 12.2. The molecule has 7 heteroatoms. The Balaban J connectivity index is 1.40. The monoisotopic (exact) mass is 394 g/mol. The van der Waals surface area contributed by atoms with Crippen molar-refractivity contribution in [1.29, 1.82) is 0 Å². The second-order valence-corrected chi connectivity index (χ2v) is 6.89. The highest BCUT2D eigenvalue weighted by molar-refractivity contribution is 6.30. The first-order chi connectivity index (χ1) is 13.0. The van der Waals surface area contributed by atoms with Gasteiger partial charge in [-0.15, -0.1) is 0 Å². The van der Waals surface area contributed by atoms with Gasteiger partial charge in [-0.1, -0.05) is 35.9 Å². The van der Waals surface area contributed by atoms with Crippen LogP contribution in [0, 0.1) is 0 Å². The summed E-state index contributed by atoms with van der Waals surface area (Å²) in [6.07, 6.45) is 1.66. The number of ether oxygens (including phenoxy) is 1. The Morgan fingerprint density at radius 1 is 1.19 bits per heavy atom. The second kappa shape index (κ2) is 9.15. The van der Waals surface area contributed by atoms with E-state index in [1.54, 1.807) is 12.1 Å². The van der Waals surface area contributed by atoms with Crippen molar-refractivity contribution >= 4 is 17.5 Å². The lowest BCUT2D eigenvalue weighted by Crippen LogP contribution is -2.47. The number of carbonyl (C=O) groups excluding carboxylic acids is 1. The first kappa shape index (κ1) is 19.6. The van der Waals surface area contributed by atoms with E-state index in [-0.39, 0.29) is 17.7 Å². The van der Waals surface area contributed by atoms with Gasteiger partial charge in [-0.3, -0.25) is 9.69 Å². The quantitative estimate of drug-likeness (QED) is 0.734. The van der Waals surface area contributed by atoms with E-state index in [0.717, 1.165) is 18.5 Å². The number of likely N-dealkylation sites (tertiary alicyclic amines) is 1. The maximum Gasteiger partial charge on any atom is 0.387 e. The van der Waals surface area contributed by atoms with Crippen LogP contribution in [0.1, 0.15) is 23.6 Å². The number of rotatable bonds is 8. The summed E-state index contributed by atoms with van der Waals surface area (Å²) >= 11 is 5.92. The van der Waals surface area contributed by atoms with Crippen LogP contribution in [0.4, 0.5) is 8.78 Å². The Hall–Kier alpha value is -2.18. The van der Waals surface area contributed by atoms with Gasteiger partial charge in [-0.2, -0.15) is 8.78 Å². The number of hydrogen-bond donors (Lipinski definition) is 1. The van der Waals surface area contributed by atoms with Gasteiger partial charge in [0.05, 0.1) is 6.54 Å². The highest BCUT2D eigenvalue weighted by Crippen LogP contribution is 2.33. The largest absolute Gasteiger partial charge is 0.435 e. The summed E-state index contributed by atoms with van der Waals surface area (Å²) in [5, 5.41) is 3.61. The summed E-state index contributed by atoms with van der Waals surface area (Å²) in [6.45, 7) is -1.08. The van der Waals surface area contributed by atoms with E-state index in [2.05, 4.69) is 15.0 Å². The number of nitrogens with one attached hydrogen (secondary N) is 1. The lowest BCUT2D eigenvalue weighted by atomic mass is 9.95. The SMILES string of the molecule is O=C(CN1CC[C@H]1c1ccc(Cl)cc1)NCCc1ccc(OC(F)F)cc1. The predicted molar refractivity (Wildman–Crippen MR) is 100 cm³/mol. The smallest absolute Gasteiger partial charge is 0.387 e. The van der Waals surface area contributed by atoms with Gasteiger partial charge in [0.1, 0.15) is 5.75 Å². The van der Waals surface area contributed by atoms with E-state index >= 15 is 0 Å². The van der Waals surface area contributed by atoms with Crippen LogP contribution >= 0.6 is 11.6 Å². The fraction of sp³-hybridized carbons (Fsp3) is 0.350. The molecule has 3 rings (SSSR count). The van der Waals surface area contributed by atoms with E-state index in [9.17, 15) is 13.6 Å². The summed E-state index contributed by atoms with van der Waals surface area (Å²) in [7, 11) is 0. The minimum absolute atomic E-state index is 0.0219. The molecule has 4 nitrogen and oxygen atoms in total. The van der Waals surface area contributed by atoms with Crippen LogP contribution in [-0.4, -0.2) is 37.1 Å². The minimum Gasteiger partial charge on any atom is -0.435 e.